The first-order valence-electron chi connectivity index (χ1n) is 5.36. The average molecular weight is 246 g/mol. The SMILES string of the molecule is COC(CNC(=O)NC1(C)CCOC1)C(=O)O. The second-order valence-electron chi connectivity index (χ2n) is 4.26. The maximum atomic E-state index is 11.5. The molecule has 0 saturated carbocycles. The van der Waals surface area contributed by atoms with Crippen molar-refractivity contribution in [2.45, 2.75) is 25.0 Å². The Kier molecular flexibility index (Phi) is 4.71. The van der Waals surface area contributed by atoms with Crippen LogP contribution < -0.4 is 10.6 Å². The maximum absolute atomic E-state index is 11.5. The fourth-order valence-electron chi connectivity index (χ4n) is 1.54. The Hall–Kier alpha value is -1.34. The summed E-state index contributed by atoms with van der Waals surface area (Å²) < 4.78 is 9.88. The Balaban J connectivity index is 2.32. The predicted molar refractivity (Wildman–Crippen MR) is 58.8 cm³/mol. The molecule has 0 aromatic rings. The van der Waals surface area contributed by atoms with Crippen LogP contribution in [0.3, 0.4) is 0 Å². The van der Waals surface area contributed by atoms with Crippen LogP contribution in [-0.2, 0) is 14.3 Å². The summed E-state index contributed by atoms with van der Waals surface area (Å²) >= 11 is 0. The van der Waals surface area contributed by atoms with E-state index in [4.69, 9.17) is 14.6 Å². The molecule has 7 nitrogen and oxygen atoms in total. The van der Waals surface area contributed by atoms with Crippen molar-refractivity contribution in [1.82, 2.24) is 10.6 Å². The van der Waals surface area contributed by atoms with Crippen molar-refractivity contribution in [1.29, 1.82) is 0 Å². The number of nitrogens with one attached hydrogen (secondary N) is 2. The van der Waals surface area contributed by atoms with Gasteiger partial charge in [-0.25, -0.2) is 9.59 Å². The van der Waals surface area contributed by atoms with E-state index in [1.165, 1.54) is 7.11 Å². The van der Waals surface area contributed by atoms with Crippen LogP contribution in [0.5, 0.6) is 0 Å². The largest absolute Gasteiger partial charge is 0.479 e. The van der Waals surface area contributed by atoms with Gasteiger partial charge < -0.3 is 25.2 Å². The third-order valence-corrected chi connectivity index (χ3v) is 2.64. The number of methoxy groups -OCH3 is 1. The molecule has 0 aromatic carbocycles. The lowest BCUT2D eigenvalue weighted by molar-refractivity contribution is -0.147. The van der Waals surface area contributed by atoms with Crippen molar-refractivity contribution in [3.63, 3.8) is 0 Å². The van der Waals surface area contributed by atoms with Gasteiger partial charge in [0.05, 0.1) is 18.7 Å². The summed E-state index contributed by atoms with van der Waals surface area (Å²) in [5.41, 5.74) is -0.379. The first-order chi connectivity index (χ1) is 7.97. The number of ether oxygens (including phenoxy) is 2. The molecule has 0 spiro atoms. The van der Waals surface area contributed by atoms with E-state index in [-0.39, 0.29) is 12.1 Å². The van der Waals surface area contributed by atoms with Gasteiger partial charge in [0.25, 0.3) is 0 Å². The third kappa shape index (κ3) is 4.20. The Morgan fingerprint density at radius 1 is 1.59 bits per heavy atom. The molecular formula is C10H18N2O5. The van der Waals surface area contributed by atoms with Gasteiger partial charge in [-0.1, -0.05) is 0 Å². The molecule has 1 fully saturated rings. The summed E-state index contributed by atoms with van der Waals surface area (Å²) in [5.74, 6) is -1.11. The molecule has 2 amide bonds. The number of amides is 2. The summed E-state index contributed by atoms with van der Waals surface area (Å²) in [6, 6.07) is -0.415. The van der Waals surface area contributed by atoms with Crippen molar-refractivity contribution in [2.24, 2.45) is 0 Å². The Bertz CT molecular complexity index is 288. The van der Waals surface area contributed by atoms with Gasteiger partial charge in [-0.15, -0.1) is 0 Å². The Morgan fingerprint density at radius 3 is 2.76 bits per heavy atom. The van der Waals surface area contributed by atoms with Gasteiger partial charge in [0.2, 0.25) is 0 Å². The van der Waals surface area contributed by atoms with E-state index in [1.807, 2.05) is 6.92 Å². The van der Waals surface area contributed by atoms with E-state index in [9.17, 15) is 9.59 Å². The van der Waals surface area contributed by atoms with Crippen LogP contribution in [0, 0.1) is 0 Å². The molecular weight excluding hydrogens is 228 g/mol. The van der Waals surface area contributed by atoms with Gasteiger partial charge >= 0.3 is 12.0 Å². The number of aliphatic carboxylic acids is 1. The number of carbonyl (C=O) groups is 2. The Morgan fingerprint density at radius 2 is 2.29 bits per heavy atom. The fourth-order valence-corrected chi connectivity index (χ4v) is 1.54. The number of hydrogen-bond acceptors (Lipinski definition) is 4. The zero-order valence-corrected chi connectivity index (χ0v) is 9.99. The van der Waals surface area contributed by atoms with Gasteiger partial charge in [0.1, 0.15) is 0 Å². The highest BCUT2D eigenvalue weighted by Crippen LogP contribution is 2.16. The minimum Gasteiger partial charge on any atom is -0.479 e. The maximum Gasteiger partial charge on any atom is 0.334 e. The molecule has 1 aliphatic rings. The molecule has 17 heavy (non-hydrogen) atoms. The molecule has 0 aliphatic carbocycles. The molecule has 98 valence electrons. The predicted octanol–water partition coefficient (Wildman–Crippen LogP) is -0.436. The summed E-state index contributed by atoms with van der Waals surface area (Å²) in [4.78, 5) is 22.2. The quantitative estimate of drug-likeness (QED) is 0.611. The zero-order valence-electron chi connectivity index (χ0n) is 9.99. The van der Waals surface area contributed by atoms with Crippen LogP contribution in [0.1, 0.15) is 13.3 Å². The lowest BCUT2D eigenvalue weighted by Gasteiger charge is -2.24. The highest BCUT2D eigenvalue weighted by Gasteiger charge is 2.31. The van der Waals surface area contributed by atoms with Crippen molar-refractivity contribution in [2.75, 3.05) is 26.9 Å². The number of carboxylic acid groups (broad SMARTS) is 1. The number of carbonyl (C=O) groups excluding carboxylic acids is 1. The topological polar surface area (TPSA) is 96.9 Å². The van der Waals surface area contributed by atoms with Crippen LogP contribution >= 0.6 is 0 Å². The highest BCUT2D eigenvalue weighted by molar-refractivity contribution is 5.77. The Labute approximate surface area is 99.5 Å². The van der Waals surface area contributed by atoms with E-state index < -0.39 is 18.1 Å². The smallest absolute Gasteiger partial charge is 0.334 e. The van der Waals surface area contributed by atoms with Crippen LogP contribution in [0.4, 0.5) is 4.79 Å². The van der Waals surface area contributed by atoms with Crippen molar-refractivity contribution in [3.8, 4) is 0 Å². The van der Waals surface area contributed by atoms with Crippen molar-refractivity contribution >= 4 is 12.0 Å². The summed E-state index contributed by atoms with van der Waals surface area (Å²) in [6.07, 6.45) is -0.291. The van der Waals surface area contributed by atoms with Gasteiger partial charge in [-0.05, 0) is 13.3 Å². The van der Waals surface area contributed by atoms with Crippen LogP contribution in [0.2, 0.25) is 0 Å². The van der Waals surface area contributed by atoms with Crippen LogP contribution in [0.15, 0.2) is 0 Å². The van der Waals surface area contributed by atoms with Gasteiger partial charge in [-0.2, -0.15) is 0 Å². The first-order valence-corrected chi connectivity index (χ1v) is 5.36. The minimum atomic E-state index is -1.11. The standard InChI is InChI=1S/C10H18N2O5/c1-10(3-4-17-6-10)12-9(15)11-5-7(16-2)8(13)14/h7H,3-6H2,1-2H3,(H,13,14)(H2,11,12,15). The molecule has 0 bridgehead atoms. The lowest BCUT2D eigenvalue weighted by Crippen LogP contribution is -2.52. The van der Waals surface area contributed by atoms with E-state index in [2.05, 4.69) is 10.6 Å². The molecule has 2 unspecified atom stereocenters. The van der Waals surface area contributed by atoms with E-state index in [0.717, 1.165) is 6.42 Å². The van der Waals surface area contributed by atoms with Gasteiger partial charge in [-0.3, -0.25) is 0 Å². The highest BCUT2D eigenvalue weighted by atomic mass is 16.5. The fraction of sp³-hybridized carbons (Fsp3) is 0.800. The molecule has 0 radical (unpaired) electrons. The van der Waals surface area contributed by atoms with Crippen LogP contribution in [0.25, 0.3) is 0 Å². The van der Waals surface area contributed by atoms with E-state index >= 15 is 0 Å². The number of urea groups is 1. The average Bonchev–Trinajstić information content (AvgIpc) is 2.65. The van der Waals surface area contributed by atoms with Gasteiger partial charge in [0, 0.05) is 13.7 Å². The molecule has 0 aromatic heterocycles. The molecule has 1 heterocycles. The van der Waals surface area contributed by atoms with Crippen molar-refractivity contribution < 1.29 is 24.2 Å². The minimum absolute atomic E-state index is 0.0748. The summed E-state index contributed by atoms with van der Waals surface area (Å²) in [6.45, 7) is 2.89. The molecule has 3 N–H and O–H groups in total. The number of carboxylic acids is 1. The normalized spacial score (nSPS) is 25.3. The van der Waals surface area contributed by atoms with Crippen molar-refractivity contribution in [3.05, 3.63) is 0 Å². The molecule has 1 rings (SSSR count). The van der Waals surface area contributed by atoms with Crippen LogP contribution in [-0.4, -0.2) is 55.6 Å². The first kappa shape index (κ1) is 13.7. The lowest BCUT2D eigenvalue weighted by atomic mass is 10.0. The van der Waals surface area contributed by atoms with E-state index in [0.29, 0.717) is 13.2 Å². The summed E-state index contributed by atoms with van der Waals surface area (Å²) in [7, 11) is 1.28. The molecule has 7 heteroatoms. The molecule has 1 aliphatic heterocycles. The third-order valence-electron chi connectivity index (χ3n) is 2.64. The van der Waals surface area contributed by atoms with E-state index in [1.54, 1.807) is 0 Å². The molecule has 2 atom stereocenters. The van der Waals surface area contributed by atoms with Gasteiger partial charge in [0.15, 0.2) is 6.10 Å². The summed E-state index contributed by atoms with van der Waals surface area (Å²) in [5, 5.41) is 13.9. The number of rotatable bonds is 5. The zero-order chi connectivity index (χ0) is 12.9. The molecule has 1 saturated heterocycles. The monoisotopic (exact) mass is 246 g/mol. The number of hydrogen-bond donors (Lipinski definition) is 3. The second kappa shape index (κ2) is 5.83. The second-order valence-corrected chi connectivity index (χ2v) is 4.26.